The predicted octanol–water partition coefficient (Wildman–Crippen LogP) is 3.66. The molecule has 3 aromatic rings. The van der Waals surface area contributed by atoms with Crippen LogP contribution in [0.5, 0.6) is 17.2 Å². The van der Waals surface area contributed by atoms with Gasteiger partial charge in [0, 0.05) is 38.3 Å². The van der Waals surface area contributed by atoms with Crippen LogP contribution in [0.1, 0.15) is 37.7 Å². The zero-order chi connectivity index (χ0) is 24.8. The van der Waals surface area contributed by atoms with E-state index in [0.717, 1.165) is 62.0 Å². The van der Waals surface area contributed by atoms with E-state index < -0.39 is 0 Å². The third-order valence-corrected chi connectivity index (χ3v) is 6.56. The van der Waals surface area contributed by atoms with E-state index in [1.807, 2.05) is 28.9 Å². The number of hydrogen-bond donors (Lipinski definition) is 0. The molecule has 0 saturated carbocycles. The van der Waals surface area contributed by atoms with E-state index in [1.165, 1.54) is 0 Å². The molecule has 0 radical (unpaired) electrons. The van der Waals surface area contributed by atoms with Gasteiger partial charge in [-0.15, -0.1) is 5.10 Å². The molecule has 1 saturated heterocycles. The molecule has 0 aliphatic carbocycles. The Morgan fingerprint density at radius 2 is 1.57 bits per heavy atom. The summed E-state index contributed by atoms with van der Waals surface area (Å²) in [7, 11) is 5.06. The quantitative estimate of drug-likeness (QED) is 0.435. The van der Waals surface area contributed by atoms with Crippen molar-refractivity contribution in [3.63, 3.8) is 0 Å². The molecule has 1 aliphatic heterocycles. The van der Waals surface area contributed by atoms with Gasteiger partial charge in [-0.1, -0.05) is 38.1 Å². The zero-order valence-electron chi connectivity index (χ0n) is 21.3. The van der Waals surface area contributed by atoms with Crippen molar-refractivity contribution in [3.05, 3.63) is 53.9 Å². The molecular weight excluding hydrogens is 444 g/mol. The Morgan fingerprint density at radius 1 is 0.857 bits per heavy atom. The molecule has 1 atom stereocenters. The first-order valence-electron chi connectivity index (χ1n) is 12.2. The van der Waals surface area contributed by atoms with Crippen LogP contribution < -0.4 is 19.1 Å². The van der Waals surface area contributed by atoms with E-state index in [-0.39, 0.29) is 6.04 Å². The fourth-order valence-electron chi connectivity index (χ4n) is 4.69. The van der Waals surface area contributed by atoms with Crippen LogP contribution in [0.15, 0.2) is 42.5 Å². The lowest BCUT2D eigenvalue weighted by Gasteiger charge is -2.40. The molecule has 0 unspecified atom stereocenters. The number of hydrogen-bond acceptors (Lipinski definition) is 8. The number of tetrazole rings is 1. The van der Waals surface area contributed by atoms with Crippen LogP contribution in [-0.2, 0) is 6.54 Å². The molecule has 1 aliphatic rings. The molecule has 0 amide bonds. The van der Waals surface area contributed by atoms with Crippen LogP contribution in [0.4, 0.5) is 5.69 Å². The second-order valence-corrected chi connectivity index (χ2v) is 9.12. The van der Waals surface area contributed by atoms with E-state index in [4.69, 9.17) is 14.2 Å². The Morgan fingerprint density at radius 3 is 2.26 bits per heavy atom. The first kappa shape index (κ1) is 24.8. The smallest absolute Gasteiger partial charge is 0.173 e. The average Bonchev–Trinajstić information content (AvgIpc) is 3.36. The molecule has 188 valence electrons. The Hall–Kier alpha value is -3.33. The number of ether oxygens (including phenoxy) is 3. The molecule has 0 bridgehead atoms. The number of benzene rings is 2. The molecule has 1 aromatic heterocycles. The summed E-state index contributed by atoms with van der Waals surface area (Å²) < 4.78 is 19.0. The van der Waals surface area contributed by atoms with Crippen molar-refractivity contribution < 1.29 is 14.2 Å². The molecule has 0 spiro atoms. The highest BCUT2D eigenvalue weighted by Crippen LogP contribution is 2.40. The largest absolute Gasteiger partial charge is 0.495 e. The van der Waals surface area contributed by atoms with Crippen molar-refractivity contribution in [1.29, 1.82) is 0 Å². The van der Waals surface area contributed by atoms with E-state index in [2.05, 4.69) is 57.4 Å². The second kappa shape index (κ2) is 11.4. The predicted molar refractivity (Wildman–Crippen MR) is 135 cm³/mol. The van der Waals surface area contributed by atoms with Crippen LogP contribution in [-0.4, -0.2) is 72.6 Å². The summed E-state index contributed by atoms with van der Waals surface area (Å²) in [6, 6.07) is 14.0. The van der Waals surface area contributed by atoms with Gasteiger partial charge in [-0.3, -0.25) is 4.90 Å². The maximum Gasteiger partial charge on any atom is 0.173 e. The van der Waals surface area contributed by atoms with Gasteiger partial charge >= 0.3 is 0 Å². The molecule has 1 fully saturated rings. The summed E-state index contributed by atoms with van der Waals surface area (Å²) in [4.78, 5) is 4.80. The zero-order valence-corrected chi connectivity index (χ0v) is 21.3. The highest BCUT2D eigenvalue weighted by atomic mass is 16.5. The monoisotopic (exact) mass is 480 g/mol. The van der Waals surface area contributed by atoms with Gasteiger partial charge in [0.1, 0.15) is 11.8 Å². The van der Waals surface area contributed by atoms with Crippen molar-refractivity contribution in [3.8, 4) is 17.2 Å². The number of piperazine rings is 1. The minimum atomic E-state index is -0.165. The lowest BCUT2D eigenvalue weighted by molar-refractivity contribution is 0.195. The normalized spacial score (nSPS) is 15.3. The van der Waals surface area contributed by atoms with Crippen molar-refractivity contribution in [2.45, 2.75) is 32.9 Å². The number of nitrogens with zero attached hydrogens (tertiary/aromatic N) is 6. The van der Waals surface area contributed by atoms with Gasteiger partial charge in [0.2, 0.25) is 0 Å². The van der Waals surface area contributed by atoms with Gasteiger partial charge in [-0.05, 0) is 41.0 Å². The fraction of sp³-hybridized carbons (Fsp3) is 0.500. The minimum absolute atomic E-state index is 0.165. The van der Waals surface area contributed by atoms with E-state index in [0.29, 0.717) is 17.4 Å². The van der Waals surface area contributed by atoms with Gasteiger partial charge in [-0.25, -0.2) is 4.68 Å². The molecule has 9 heteroatoms. The number of methoxy groups -OCH3 is 3. The highest BCUT2D eigenvalue weighted by molar-refractivity contribution is 5.58. The van der Waals surface area contributed by atoms with Crippen LogP contribution >= 0.6 is 0 Å². The topological polar surface area (TPSA) is 77.8 Å². The van der Waals surface area contributed by atoms with E-state index >= 15 is 0 Å². The number of anilines is 1. The summed E-state index contributed by atoms with van der Waals surface area (Å²) in [6.07, 6.45) is 1.00. The van der Waals surface area contributed by atoms with Crippen molar-refractivity contribution >= 4 is 5.69 Å². The molecule has 2 heterocycles. The van der Waals surface area contributed by atoms with Crippen molar-refractivity contribution in [1.82, 2.24) is 25.1 Å². The third-order valence-electron chi connectivity index (χ3n) is 6.56. The Balaban J connectivity index is 1.67. The lowest BCUT2D eigenvalue weighted by atomic mass is 10.0. The Labute approximate surface area is 207 Å². The first-order valence-corrected chi connectivity index (χ1v) is 12.2. The summed E-state index contributed by atoms with van der Waals surface area (Å²) >= 11 is 0. The molecule has 9 nitrogen and oxygen atoms in total. The fourth-order valence-corrected chi connectivity index (χ4v) is 4.69. The van der Waals surface area contributed by atoms with Gasteiger partial charge in [-0.2, -0.15) is 0 Å². The summed E-state index contributed by atoms with van der Waals surface area (Å²) in [6.45, 7) is 8.57. The Bertz CT molecular complexity index is 1090. The maximum atomic E-state index is 5.84. The summed E-state index contributed by atoms with van der Waals surface area (Å²) in [5.41, 5.74) is 2.12. The molecule has 2 aromatic carbocycles. The van der Waals surface area contributed by atoms with Gasteiger partial charge in [0.15, 0.2) is 17.3 Å². The number of rotatable bonds is 10. The number of para-hydroxylation sites is 3. The summed E-state index contributed by atoms with van der Waals surface area (Å²) in [5, 5.41) is 12.9. The maximum absolute atomic E-state index is 5.84. The number of aromatic nitrogens is 4. The molecular formula is C26H36N6O3. The Kier molecular flexibility index (Phi) is 8.07. The van der Waals surface area contributed by atoms with Crippen molar-refractivity contribution in [2.75, 3.05) is 52.4 Å². The number of aryl methyl sites for hydroxylation is 1. The van der Waals surface area contributed by atoms with Gasteiger partial charge in [0.25, 0.3) is 0 Å². The van der Waals surface area contributed by atoms with E-state index in [9.17, 15) is 0 Å². The van der Waals surface area contributed by atoms with Crippen LogP contribution in [0, 0.1) is 5.92 Å². The molecule has 4 rings (SSSR count). The van der Waals surface area contributed by atoms with Crippen LogP contribution in [0.2, 0.25) is 0 Å². The summed E-state index contributed by atoms with van der Waals surface area (Å²) in [5.74, 6) is 3.68. The lowest BCUT2D eigenvalue weighted by Crippen LogP contribution is -2.48. The second-order valence-electron chi connectivity index (χ2n) is 9.12. The first-order chi connectivity index (χ1) is 17.1. The SMILES string of the molecule is COc1ccccc1N1CCN([C@@H](c2cccc(OC)c2OC)c2nnnn2CCC(C)C)CC1. The van der Waals surface area contributed by atoms with Crippen molar-refractivity contribution in [2.24, 2.45) is 5.92 Å². The van der Waals surface area contributed by atoms with Crippen LogP contribution in [0.25, 0.3) is 0 Å². The van der Waals surface area contributed by atoms with Gasteiger partial charge < -0.3 is 19.1 Å². The standard InChI is InChI=1S/C26H36N6O3/c1-19(2)13-14-32-26(27-28-29-32)24(20-9-8-12-23(34-4)25(20)35-5)31-17-15-30(16-18-31)21-10-6-7-11-22(21)33-3/h6-12,19,24H,13-18H2,1-5H3/t24-/m0/s1. The average molecular weight is 481 g/mol. The third kappa shape index (κ3) is 5.35. The minimum Gasteiger partial charge on any atom is -0.495 e. The van der Waals surface area contributed by atoms with E-state index in [1.54, 1.807) is 21.3 Å². The molecule has 35 heavy (non-hydrogen) atoms. The van der Waals surface area contributed by atoms with Crippen LogP contribution in [0.3, 0.4) is 0 Å². The van der Waals surface area contributed by atoms with Gasteiger partial charge in [0.05, 0.1) is 27.0 Å². The highest BCUT2D eigenvalue weighted by Gasteiger charge is 2.34. The molecule has 0 N–H and O–H groups in total.